The van der Waals surface area contributed by atoms with E-state index in [1.807, 2.05) is 6.92 Å². The molecule has 2 saturated heterocycles. The largest absolute Gasteiger partial charge is 0.463 e. The van der Waals surface area contributed by atoms with Crippen molar-refractivity contribution in [2.45, 2.75) is 136 Å². The van der Waals surface area contributed by atoms with Gasteiger partial charge in [-0.05, 0) is 106 Å². The van der Waals surface area contributed by atoms with Gasteiger partial charge in [-0.1, -0.05) is 27.7 Å². The maximum absolute atomic E-state index is 14.3. The highest BCUT2D eigenvalue weighted by atomic mass is 16.7. The van der Waals surface area contributed by atoms with Crippen molar-refractivity contribution >= 4 is 11.8 Å². The SMILES string of the molecule is CCCN1C[C@H](C)C[C@@](C)(OC)[C@H](O[C@H]2C[C@@H](N(C)C)C[C@@H](C)O2)[C@@H](C)C(=O)C(C)(C)C(=O)OC[C@H]1C1CC(N(C)CC)C1. The Bertz CT molecular complexity index is 939. The fourth-order valence-electron chi connectivity index (χ4n) is 7.94. The minimum Gasteiger partial charge on any atom is -0.463 e. The summed E-state index contributed by atoms with van der Waals surface area (Å²) in [6.07, 6.45) is 4.49. The minimum absolute atomic E-state index is 0.0313. The summed E-state index contributed by atoms with van der Waals surface area (Å²) in [6, 6.07) is 0.996. The number of ether oxygens (including phenoxy) is 4. The molecule has 256 valence electrons. The van der Waals surface area contributed by atoms with Crippen LogP contribution in [0.2, 0.25) is 0 Å². The van der Waals surface area contributed by atoms with Crippen LogP contribution in [-0.4, -0.2) is 123 Å². The van der Waals surface area contributed by atoms with E-state index >= 15 is 0 Å². The second-order valence-electron chi connectivity index (χ2n) is 15.2. The van der Waals surface area contributed by atoms with E-state index in [0.717, 1.165) is 45.3 Å². The van der Waals surface area contributed by atoms with Gasteiger partial charge in [0, 0.05) is 44.1 Å². The van der Waals surface area contributed by atoms with Gasteiger partial charge in [-0.3, -0.25) is 14.5 Å². The van der Waals surface area contributed by atoms with Crippen LogP contribution < -0.4 is 0 Å². The maximum Gasteiger partial charge on any atom is 0.319 e. The molecule has 0 unspecified atom stereocenters. The van der Waals surface area contributed by atoms with E-state index < -0.39 is 35.3 Å². The number of carbonyl (C=O) groups excluding carboxylic acids is 2. The molecule has 0 bridgehead atoms. The van der Waals surface area contributed by atoms with Crippen LogP contribution in [0.5, 0.6) is 0 Å². The Balaban J connectivity index is 1.97. The summed E-state index contributed by atoms with van der Waals surface area (Å²) in [7, 11) is 8.08. The molecule has 0 N–H and O–H groups in total. The quantitative estimate of drug-likeness (QED) is 0.264. The Kier molecular flexibility index (Phi) is 13.3. The number of nitrogens with zero attached hydrogens (tertiary/aromatic N) is 3. The zero-order valence-electron chi connectivity index (χ0n) is 30.1. The molecule has 3 aliphatic rings. The molecule has 0 aromatic carbocycles. The molecule has 3 fully saturated rings. The second kappa shape index (κ2) is 15.7. The van der Waals surface area contributed by atoms with Gasteiger partial charge in [0.05, 0.1) is 17.8 Å². The summed E-state index contributed by atoms with van der Waals surface area (Å²) in [4.78, 5) is 35.2. The molecule has 0 radical (unpaired) electrons. The summed E-state index contributed by atoms with van der Waals surface area (Å²) in [6.45, 7) is 19.2. The molecule has 2 heterocycles. The van der Waals surface area contributed by atoms with E-state index in [0.29, 0.717) is 37.5 Å². The average Bonchev–Trinajstić information content (AvgIpc) is 2.94. The predicted octanol–water partition coefficient (Wildman–Crippen LogP) is 4.86. The van der Waals surface area contributed by atoms with E-state index in [9.17, 15) is 9.59 Å². The number of esters is 1. The smallest absolute Gasteiger partial charge is 0.319 e. The first-order valence-corrected chi connectivity index (χ1v) is 17.3. The van der Waals surface area contributed by atoms with Crippen molar-refractivity contribution < 1.29 is 28.5 Å². The van der Waals surface area contributed by atoms with Gasteiger partial charge >= 0.3 is 5.97 Å². The molecule has 9 heteroatoms. The summed E-state index contributed by atoms with van der Waals surface area (Å²) in [5.41, 5.74) is -2.11. The first kappa shape index (κ1) is 37.4. The molecule has 0 amide bonds. The van der Waals surface area contributed by atoms with Gasteiger partial charge in [0.15, 0.2) is 12.1 Å². The van der Waals surface area contributed by atoms with Gasteiger partial charge < -0.3 is 28.7 Å². The highest BCUT2D eigenvalue weighted by Crippen LogP contribution is 2.40. The summed E-state index contributed by atoms with van der Waals surface area (Å²) >= 11 is 0. The summed E-state index contributed by atoms with van der Waals surface area (Å²) < 4.78 is 25.5. The predicted molar refractivity (Wildman–Crippen MR) is 174 cm³/mol. The van der Waals surface area contributed by atoms with Crippen molar-refractivity contribution in [3.8, 4) is 0 Å². The van der Waals surface area contributed by atoms with E-state index in [1.54, 1.807) is 21.0 Å². The molecular weight excluding hydrogens is 558 g/mol. The number of rotatable bonds is 9. The van der Waals surface area contributed by atoms with Crippen molar-refractivity contribution in [2.24, 2.45) is 23.2 Å². The van der Waals surface area contributed by atoms with Crippen LogP contribution in [0.4, 0.5) is 0 Å². The van der Waals surface area contributed by atoms with Gasteiger partial charge in [0.2, 0.25) is 0 Å². The van der Waals surface area contributed by atoms with E-state index in [4.69, 9.17) is 18.9 Å². The lowest BCUT2D eigenvalue weighted by atomic mass is 9.74. The van der Waals surface area contributed by atoms with Crippen molar-refractivity contribution in [3.63, 3.8) is 0 Å². The van der Waals surface area contributed by atoms with Crippen LogP contribution in [0.15, 0.2) is 0 Å². The molecular formula is C35H65N3O6. The van der Waals surface area contributed by atoms with Crippen molar-refractivity contribution in [1.29, 1.82) is 0 Å². The van der Waals surface area contributed by atoms with Gasteiger partial charge in [-0.25, -0.2) is 0 Å². The fraction of sp³-hybridized carbons (Fsp3) is 0.943. The molecule has 0 spiro atoms. The number of carbonyl (C=O) groups is 2. The second-order valence-corrected chi connectivity index (χ2v) is 15.2. The number of ketones is 1. The number of methoxy groups -OCH3 is 1. The van der Waals surface area contributed by atoms with Gasteiger partial charge in [-0.2, -0.15) is 0 Å². The lowest BCUT2D eigenvalue weighted by Gasteiger charge is -2.48. The lowest BCUT2D eigenvalue weighted by molar-refractivity contribution is -0.263. The van der Waals surface area contributed by atoms with Crippen LogP contribution in [0.3, 0.4) is 0 Å². The fourth-order valence-corrected chi connectivity index (χ4v) is 7.94. The van der Waals surface area contributed by atoms with Crippen LogP contribution in [0.25, 0.3) is 0 Å². The molecule has 0 aromatic rings. The maximum atomic E-state index is 14.3. The molecule has 8 atom stereocenters. The first-order chi connectivity index (χ1) is 20.6. The first-order valence-electron chi connectivity index (χ1n) is 17.3. The van der Waals surface area contributed by atoms with Crippen molar-refractivity contribution in [2.75, 3.05) is 54.5 Å². The Morgan fingerprint density at radius 2 is 1.64 bits per heavy atom. The van der Waals surface area contributed by atoms with Gasteiger partial charge in [0.1, 0.15) is 12.0 Å². The minimum atomic E-state index is -1.33. The van der Waals surface area contributed by atoms with Gasteiger partial charge in [-0.15, -0.1) is 0 Å². The summed E-state index contributed by atoms with van der Waals surface area (Å²) in [5.74, 6) is -0.567. The monoisotopic (exact) mass is 623 g/mol. The van der Waals surface area contributed by atoms with Crippen molar-refractivity contribution in [1.82, 2.24) is 14.7 Å². The molecule has 9 nitrogen and oxygen atoms in total. The number of hydrogen-bond acceptors (Lipinski definition) is 9. The molecule has 0 aromatic heterocycles. The number of cyclic esters (lactones) is 1. The lowest BCUT2D eigenvalue weighted by Crippen LogP contribution is -2.56. The van der Waals surface area contributed by atoms with Gasteiger partial charge in [0.25, 0.3) is 0 Å². The molecule has 3 rings (SSSR count). The van der Waals surface area contributed by atoms with Crippen molar-refractivity contribution in [3.05, 3.63) is 0 Å². The van der Waals surface area contributed by atoms with E-state index in [-0.39, 0.29) is 23.8 Å². The van der Waals surface area contributed by atoms with Crippen LogP contribution in [0, 0.1) is 23.2 Å². The highest BCUT2D eigenvalue weighted by molar-refractivity contribution is 6.04. The molecule has 1 saturated carbocycles. The van der Waals surface area contributed by atoms with Crippen LogP contribution in [0.1, 0.15) is 93.9 Å². The third kappa shape index (κ3) is 8.62. The Hall–Kier alpha value is -1.10. The number of hydrogen-bond donors (Lipinski definition) is 0. The number of Topliss-reactive ketones (excluding diaryl/α,β-unsaturated/α-hetero) is 1. The zero-order valence-corrected chi connectivity index (χ0v) is 30.1. The van der Waals surface area contributed by atoms with E-state index in [2.05, 4.69) is 70.5 Å². The average molecular weight is 624 g/mol. The van der Waals surface area contributed by atoms with Crippen LogP contribution >= 0.6 is 0 Å². The Morgan fingerprint density at radius 3 is 2.20 bits per heavy atom. The Labute approximate surface area is 268 Å². The molecule has 1 aliphatic carbocycles. The normalized spacial score (nSPS) is 39.7. The standard InChI is InChI=1S/C35H65N3O6/c1-13-15-38-21-23(3)20-35(8,41-12)32(44-30-19-27(36(9)10)16-24(4)43-30)25(5)31(39)34(6,7)33(40)42-22-29(38)26-17-28(18-26)37(11)14-2/h23-30,32H,13-22H2,1-12H3/t23-,24-,25+,26?,27+,28?,29+,30+,32-,35-/m1/s1. The Morgan fingerprint density at radius 1 is 0.977 bits per heavy atom. The topological polar surface area (TPSA) is 80.8 Å². The van der Waals surface area contributed by atoms with E-state index in [1.165, 1.54) is 0 Å². The summed E-state index contributed by atoms with van der Waals surface area (Å²) in [5, 5.41) is 0. The zero-order chi connectivity index (χ0) is 33.0. The molecule has 2 aliphatic heterocycles. The molecule has 44 heavy (non-hydrogen) atoms. The highest BCUT2D eigenvalue weighted by Gasteiger charge is 2.51. The third-order valence-electron chi connectivity index (χ3n) is 11.0. The van der Waals surface area contributed by atoms with Crippen LogP contribution in [-0.2, 0) is 28.5 Å². The third-order valence-corrected chi connectivity index (χ3v) is 11.0.